The number of carbonyl (C=O) groups is 1. The first-order chi connectivity index (χ1) is 7.24. The van der Waals surface area contributed by atoms with Gasteiger partial charge in [0.05, 0.1) is 13.2 Å². The average Bonchev–Trinajstić information content (AvgIpc) is 3.08. The summed E-state index contributed by atoms with van der Waals surface area (Å²) in [5, 5.41) is 4.38. The topological polar surface area (TPSA) is 51.5 Å². The minimum atomic E-state index is -0.141. The molecule has 1 fully saturated rings. The standard InChI is InChI=1S/C11H14N2O2/c1-13(15-2)11(14)10-9(12-10)8-6-4-3-5-7-8/h3-7,9-10,12H,1-2H3/t9-,10+/m1/s1. The van der Waals surface area contributed by atoms with Gasteiger partial charge in [0.2, 0.25) is 0 Å². The van der Waals surface area contributed by atoms with Crippen LogP contribution in [0.15, 0.2) is 30.3 Å². The van der Waals surface area contributed by atoms with Gasteiger partial charge < -0.3 is 0 Å². The van der Waals surface area contributed by atoms with E-state index in [-0.39, 0.29) is 18.0 Å². The van der Waals surface area contributed by atoms with E-state index in [9.17, 15) is 4.79 Å². The summed E-state index contributed by atoms with van der Waals surface area (Å²) in [6, 6.07) is 9.92. The molecule has 1 N–H and O–H groups in total. The van der Waals surface area contributed by atoms with Crippen molar-refractivity contribution in [3.8, 4) is 0 Å². The quantitative estimate of drug-likeness (QED) is 0.585. The zero-order valence-electron chi connectivity index (χ0n) is 8.81. The van der Waals surface area contributed by atoms with Gasteiger partial charge >= 0.3 is 0 Å². The van der Waals surface area contributed by atoms with Gasteiger partial charge in [-0.05, 0) is 5.56 Å². The Bertz CT molecular complexity index is 353. The van der Waals surface area contributed by atoms with Gasteiger partial charge in [-0.2, -0.15) is 0 Å². The van der Waals surface area contributed by atoms with Crippen LogP contribution in [0, 0.1) is 0 Å². The highest BCUT2D eigenvalue weighted by Crippen LogP contribution is 2.30. The molecule has 1 saturated heterocycles. The SMILES string of the molecule is CON(C)C(=O)[C@H]1N[C@@H]1c1ccccc1. The molecule has 1 aromatic rings. The summed E-state index contributed by atoms with van der Waals surface area (Å²) in [5.74, 6) is -0.0358. The van der Waals surface area contributed by atoms with E-state index in [0.29, 0.717) is 0 Å². The van der Waals surface area contributed by atoms with E-state index >= 15 is 0 Å². The minimum Gasteiger partial charge on any atom is -0.295 e. The van der Waals surface area contributed by atoms with Crippen LogP contribution in [-0.2, 0) is 9.63 Å². The van der Waals surface area contributed by atoms with E-state index in [1.165, 1.54) is 12.2 Å². The Kier molecular flexibility index (Phi) is 2.70. The molecule has 80 valence electrons. The van der Waals surface area contributed by atoms with Gasteiger partial charge in [0.25, 0.3) is 5.91 Å². The molecule has 1 aliphatic heterocycles. The van der Waals surface area contributed by atoms with Crippen LogP contribution in [0.2, 0.25) is 0 Å². The summed E-state index contributed by atoms with van der Waals surface area (Å²) in [5.41, 5.74) is 1.14. The van der Waals surface area contributed by atoms with Crippen LogP contribution in [0.3, 0.4) is 0 Å². The molecule has 1 heterocycles. The lowest BCUT2D eigenvalue weighted by molar-refractivity contribution is -0.168. The molecule has 1 aromatic carbocycles. The van der Waals surface area contributed by atoms with Gasteiger partial charge in [-0.15, -0.1) is 0 Å². The highest BCUT2D eigenvalue weighted by Gasteiger charge is 2.44. The van der Waals surface area contributed by atoms with Gasteiger partial charge in [-0.25, -0.2) is 5.06 Å². The molecule has 0 saturated carbocycles. The van der Waals surface area contributed by atoms with Crippen LogP contribution >= 0.6 is 0 Å². The number of amides is 1. The van der Waals surface area contributed by atoms with Crippen LogP contribution in [0.5, 0.6) is 0 Å². The predicted molar refractivity (Wildman–Crippen MR) is 55.9 cm³/mol. The summed E-state index contributed by atoms with van der Waals surface area (Å²) in [4.78, 5) is 16.5. The van der Waals surface area contributed by atoms with Gasteiger partial charge in [-0.1, -0.05) is 30.3 Å². The second kappa shape index (κ2) is 4.00. The molecule has 1 amide bonds. The fraction of sp³-hybridized carbons (Fsp3) is 0.364. The van der Waals surface area contributed by atoms with Crippen molar-refractivity contribution in [3.05, 3.63) is 35.9 Å². The number of likely N-dealkylation sites (N-methyl/N-ethyl adjacent to an activating group) is 1. The van der Waals surface area contributed by atoms with E-state index < -0.39 is 0 Å². The number of carbonyl (C=O) groups excluding carboxylic acids is 1. The van der Waals surface area contributed by atoms with E-state index in [4.69, 9.17) is 4.84 Å². The second-order valence-electron chi connectivity index (χ2n) is 3.55. The fourth-order valence-corrected chi connectivity index (χ4v) is 1.59. The molecule has 0 spiro atoms. The van der Waals surface area contributed by atoms with Crippen molar-refractivity contribution >= 4 is 5.91 Å². The first-order valence-corrected chi connectivity index (χ1v) is 4.86. The first kappa shape index (κ1) is 10.1. The molecule has 4 heteroatoms. The molecule has 0 unspecified atom stereocenters. The maximum absolute atomic E-state index is 11.7. The Morgan fingerprint density at radius 1 is 1.40 bits per heavy atom. The number of rotatable bonds is 3. The van der Waals surface area contributed by atoms with Crippen LogP contribution in [0.25, 0.3) is 0 Å². The predicted octanol–water partition coefficient (Wildman–Crippen LogP) is 0.719. The van der Waals surface area contributed by atoms with Crippen LogP contribution in [0.1, 0.15) is 11.6 Å². The number of hydroxylamine groups is 2. The number of hydrogen-bond acceptors (Lipinski definition) is 3. The monoisotopic (exact) mass is 206 g/mol. The van der Waals surface area contributed by atoms with Crippen molar-refractivity contribution in [1.82, 2.24) is 10.4 Å². The molecule has 0 radical (unpaired) electrons. The van der Waals surface area contributed by atoms with Gasteiger partial charge in [-0.3, -0.25) is 14.9 Å². The number of nitrogens with one attached hydrogen (secondary N) is 1. The molecular weight excluding hydrogens is 192 g/mol. The third-order valence-electron chi connectivity index (χ3n) is 2.59. The summed E-state index contributed by atoms with van der Waals surface area (Å²) in [6.07, 6.45) is 0. The van der Waals surface area contributed by atoms with E-state index in [1.54, 1.807) is 7.05 Å². The molecular formula is C11H14N2O2. The zero-order valence-corrected chi connectivity index (χ0v) is 8.81. The Labute approximate surface area is 88.8 Å². The Hall–Kier alpha value is -1.39. The molecule has 15 heavy (non-hydrogen) atoms. The maximum atomic E-state index is 11.7. The molecule has 0 bridgehead atoms. The van der Waals surface area contributed by atoms with Crippen LogP contribution in [0.4, 0.5) is 0 Å². The Morgan fingerprint density at radius 3 is 2.67 bits per heavy atom. The van der Waals surface area contributed by atoms with Crippen LogP contribution in [-0.4, -0.2) is 31.2 Å². The molecule has 2 atom stereocenters. The number of benzene rings is 1. The van der Waals surface area contributed by atoms with Gasteiger partial charge in [0, 0.05) is 7.05 Å². The Morgan fingerprint density at radius 2 is 2.07 bits per heavy atom. The fourth-order valence-electron chi connectivity index (χ4n) is 1.59. The average molecular weight is 206 g/mol. The van der Waals surface area contributed by atoms with Crippen molar-refractivity contribution in [2.75, 3.05) is 14.2 Å². The summed E-state index contributed by atoms with van der Waals surface area (Å²) < 4.78 is 0. The lowest BCUT2D eigenvalue weighted by Crippen LogP contribution is -2.30. The van der Waals surface area contributed by atoms with E-state index in [1.807, 2.05) is 30.3 Å². The number of nitrogens with zero attached hydrogens (tertiary/aromatic N) is 1. The third kappa shape index (κ3) is 2.00. The highest BCUT2D eigenvalue weighted by atomic mass is 16.7. The van der Waals surface area contributed by atoms with E-state index in [0.717, 1.165) is 5.56 Å². The third-order valence-corrected chi connectivity index (χ3v) is 2.59. The molecule has 1 aliphatic rings. The Balaban J connectivity index is 2.00. The highest BCUT2D eigenvalue weighted by molar-refractivity contribution is 5.85. The van der Waals surface area contributed by atoms with Crippen LogP contribution < -0.4 is 5.32 Å². The lowest BCUT2D eigenvalue weighted by atomic mass is 10.1. The smallest absolute Gasteiger partial charge is 0.264 e. The minimum absolute atomic E-state index is 0.0358. The summed E-state index contributed by atoms with van der Waals surface area (Å²) in [6.45, 7) is 0. The first-order valence-electron chi connectivity index (χ1n) is 4.86. The van der Waals surface area contributed by atoms with Crippen molar-refractivity contribution in [2.45, 2.75) is 12.1 Å². The molecule has 2 rings (SSSR count). The maximum Gasteiger partial charge on any atom is 0.264 e. The summed E-state index contributed by atoms with van der Waals surface area (Å²) >= 11 is 0. The summed E-state index contributed by atoms with van der Waals surface area (Å²) in [7, 11) is 3.10. The van der Waals surface area contributed by atoms with Gasteiger partial charge in [0.1, 0.15) is 6.04 Å². The van der Waals surface area contributed by atoms with Gasteiger partial charge in [0.15, 0.2) is 0 Å². The normalized spacial score (nSPS) is 23.6. The molecule has 4 nitrogen and oxygen atoms in total. The number of hydrogen-bond donors (Lipinski definition) is 1. The van der Waals surface area contributed by atoms with Crippen molar-refractivity contribution < 1.29 is 9.63 Å². The van der Waals surface area contributed by atoms with Crippen molar-refractivity contribution in [1.29, 1.82) is 0 Å². The molecule has 0 aliphatic carbocycles. The largest absolute Gasteiger partial charge is 0.295 e. The second-order valence-corrected chi connectivity index (χ2v) is 3.55. The molecule has 0 aromatic heterocycles. The van der Waals surface area contributed by atoms with E-state index in [2.05, 4.69) is 5.32 Å². The van der Waals surface area contributed by atoms with Crippen molar-refractivity contribution in [2.24, 2.45) is 0 Å². The zero-order chi connectivity index (χ0) is 10.8. The lowest BCUT2D eigenvalue weighted by Gasteiger charge is -2.12. The van der Waals surface area contributed by atoms with Crippen molar-refractivity contribution in [3.63, 3.8) is 0 Å².